The Labute approximate surface area is 169 Å². The zero-order valence-electron chi connectivity index (χ0n) is 12.6. The van der Waals surface area contributed by atoms with Gasteiger partial charge >= 0.3 is 26.2 Å². The van der Waals surface area contributed by atoms with Crippen molar-refractivity contribution in [1.29, 1.82) is 0 Å². The maximum atomic E-state index is 3.59. The van der Waals surface area contributed by atoms with Crippen LogP contribution in [0, 0.1) is 6.08 Å². The van der Waals surface area contributed by atoms with Gasteiger partial charge in [0.1, 0.15) is 0 Å². The van der Waals surface area contributed by atoms with Gasteiger partial charge in [-0.25, -0.2) is 5.57 Å². The van der Waals surface area contributed by atoms with Crippen molar-refractivity contribution in [1.82, 2.24) is 0 Å². The standard InChI is InChI=1S/C20H15.2ClH.Zr/c1-3-7-17-15(5-1)16-6-2-4-8-18(16)20(17)19-12-10-13-9-11-14(13)19;;;/h1-8,20H,9,11-12H2;2*1H;/q-1;;;+3/p-2. The van der Waals surface area contributed by atoms with Gasteiger partial charge in [0.25, 0.3) is 0 Å². The summed E-state index contributed by atoms with van der Waals surface area (Å²) in [6.07, 6.45) is 7.13. The Hall–Kier alpha value is -0.617. The third-order valence-corrected chi connectivity index (χ3v) is 5.05. The van der Waals surface area contributed by atoms with E-state index in [1.54, 1.807) is 11.1 Å². The number of rotatable bonds is 1. The molecule has 1 saturated carbocycles. The maximum absolute atomic E-state index is 3.59. The summed E-state index contributed by atoms with van der Waals surface area (Å²) >= 11 is 0. The number of hydrogen-bond acceptors (Lipinski definition) is 0. The Morgan fingerprint density at radius 1 is 0.783 bits per heavy atom. The van der Waals surface area contributed by atoms with E-state index in [9.17, 15) is 0 Å². The van der Waals surface area contributed by atoms with Crippen molar-refractivity contribution in [2.45, 2.75) is 25.2 Å². The molecule has 0 heterocycles. The smallest absolute Gasteiger partial charge is 1.00 e. The third kappa shape index (κ3) is 2.62. The van der Waals surface area contributed by atoms with Gasteiger partial charge in [-0.05, 0) is 22.3 Å². The van der Waals surface area contributed by atoms with Gasteiger partial charge in [-0.15, -0.1) is 6.42 Å². The first kappa shape index (κ1) is 18.7. The minimum absolute atomic E-state index is 0. The number of benzene rings is 2. The van der Waals surface area contributed by atoms with Crippen LogP contribution in [0.5, 0.6) is 0 Å². The second-order valence-electron chi connectivity index (χ2n) is 5.94. The minimum Gasteiger partial charge on any atom is -1.00 e. The van der Waals surface area contributed by atoms with Crippen molar-refractivity contribution in [2.75, 3.05) is 0 Å². The van der Waals surface area contributed by atoms with E-state index in [1.165, 1.54) is 40.7 Å². The first-order valence-corrected chi connectivity index (χ1v) is 7.43. The molecule has 2 aromatic carbocycles. The molecule has 0 atom stereocenters. The quantitative estimate of drug-likeness (QED) is 0.524. The fourth-order valence-corrected chi connectivity index (χ4v) is 4.04. The molecular formula is C20H15Cl2Zr. The normalized spacial score (nSPS) is 16.8. The van der Waals surface area contributed by atoms with Crippen molar-refractivity contribution in [3.63, 3.8) is 0 Å². The summed E-state index contributed by atoms with van der Waals surface area (Å²) in [5.41, 5.74) is 10.6. The molecule has 3 aliphatic carbocycles. The fraction of sp³-hybridized carbons (Fsp3) is 0.200. The van der Waals surface area contributed by atoms with Crippen LogP contribution in [0.3, 0.4) is 0 Å². The zero-order chi connectivity index (χ0) is 13.1. The molecule has 5 rings (SSSR count). The summed E-state index contributed by atoms with van der Waals surface area (Å²) in [6.45, 7) is 0. The number of allylic oxidation sites excluding steroid dienone is 4. The summed E-state index contributed by atoms with van der Waals surface area (Å²) in [4.78, 5) is 0. The Bertz CT molecular complexity index is 759. The third-order valence-electron chi connectivity index (χ3n) is 5.05. The molecule has 23 heavy (non-hydrogen) atoms. The van der Waals surface area contributed by atoms with Gasteiger partial charge in [0, 0.05) is 5.92 Å². The molecule has 0 aliphatic heterocycles. The van der Waals surface area contributed by atoms with Gasteiger partial charge < -0.3 is 24.8 Å². The fourth-order valence-electron chi connectivity index (χ4n) is 4.04. The zero-order valence-corrected chi connectivity index (χ0v) is 16.5. The second-order valence-corrected chi connectivity index (χ2v) is 5.94. The van der Waals surface area contributed by atoms with Crippen LogP contribution >= 0.6 is 0 Å². The van der Waals surface area contributed by atoms with Crippen molar-refractivity contribution < 1.29 is 51.0 Å². The first-order valence-electron chi connectivity index (χ1n) is 7.43. The summed E-state index contributed by atoms with van der Waals surface area (Å²) in [7, 11) is 0. The topological polar surface area (TPSA) is 0 Å². The summed E-state index contributed by atoms with van der Waals surface area (Å²) in [5.74, 6) is 0.475. The van der Waals surface area contributed by atoms with Crippen LogP contribution in [0.15, 0.2) is 65.3 Å². The van der Waals surface area contributed by atoms with E-state index in [0.717, 1.165) is 6.42 Å². The van der Waals surface area contributed by atoms with Crippen LogP contribution in [-0.4, -0.2) is 0 Å². The van der Waals surface area contributed by atoms with Crippen molar-refractivity contribution in [3.05, 3.63) is 82.5 Å². The van der Waals surface area contributed by atoms with Gasteiger partial charge in [0.2, 0.25) is 0 Å². The van der Waals surface area contributed by atoms with Crippen molar-refractivity contribution in [2.24, 2.45) is 0 Å². The molecule has 0 N–H and O–H groups in total. The van der Waals surface area contributed by atoms with Gasteiger partial charge in [-0.1, -0.05) is 61.4 Å². The number of halogens is 2. The van der Waals surface area contributed by atoms with Crippen LogP contribution in [0.1, 0.15) is 36.3 Å². The SMILES string of the molecule is [C-]1=C2CCC2=C(C2c3ccccc3-c3ccccc32)C1.[Cl-].[Cl-].[Zr+3]. The average Bonchev–Trinajstić information content (AvgIpc) is 2.93. The van der Waals surface area contributed by atoms with Gasteiger partial charge in [-0.3, -0.25) is 6.08 Å². The van der Waals surface area contributed by atoms with Crippen LogP contribution in [0.4, 0.5) is 0 Å². The van der Waals surface area contributed by atoms with Crippen molar-refractivity contribution >= 4 is 0 Å². The van der Waals surface area contributed by atoms with E-state index in [4.69, 9.17) is 0 Å². The van der Waals surface area contributed by atoms with Crippen LogP contribution in [0.25, 0.3) is 11.1 Å². The van der Waals surface area contributed by atoms with Gasteiger partial charge in [0.15, 0.2) is 0 Å². The van der Waals surface area contributed by atoms with E-state index < -0.39 is 0 Å². The summed E-state index contributed by atoms with van der Waals surface area (Å²) in [6, 6.07) is 17.8. The molecule has 0 nitrogen and oxygen atoms in total. The Balaban J connectivity index is 0.000000640. The monoisotopic (exact) mass is 415 g/mol. The van der Waals surface area contributed by atoms with E-state index in [2.05, 4.69) is 54.6 Å². The maximum Gasteiger partial charge on any atom is 3.00 e. The molecule has 0 bridgehead atoms. The molecule has 1 radical (unpaired) electrons. The van der Waals surface area contributed by atoms with Crippen LogP contribution < -0.4 is 24.8 Å². The Morgan fingerprint density at radius 3 is 1.83 bits per heavy atom. The molecule has 0 unspecified atom stereocenters. The van der Waals surface area contributed by atoms with Crippen LogP contribution in [0.2, 0.25) is 0 Å². The molecule has 0 spiro atoms. The van der Waals surface area contributed by atoms with E-state index in [1.807, 2.05) is 0 Å². The largest absolute Gasteiger partial charge is 3.00 e. The predicted molar refractivity (Wildman–Crippen MR) is 81.4 cm³/mol. The number of fused-ring (bicyclic) bond motifs is 4. The molecule has 0 saturated heterocycles. The molecule has 113 valence electrons. The van der Waals surface area contributed by atoms with E-state index in [-0.39, 0.29) is 51.0 Å². The molecule has 0 aromatic heterocycles. The van der Waals surface area contributed by atoms with Gasteiger partial charge in [-0.2, -0.15) is 11.1 Å². The van der Waals surface area contributed by atoms with Crippen LogP contribution in [-0.2, 0) is 26.2 Å². The van der Waals surface area contributed by atoms with Crippen molar-refractivity contribution in [3.8, 4) is 11.1 Å². The summed E-state index contributed by atoms with van der Waals surface area (Å²) in [5, 5.41) is 0. The minimum atomic E-state index is 0. The average molecular weight is 417 g/mol. The summed E-state index contributed by atoms with van der Waals surface area (Å²) < 4.78 is 0. The molecular weight excluding hydrogens is 402 g/mol. The predicted octanol–water partition coefficient (Wildman–Crippen LogP) is -0.972. The van der Waals surface area contributed by atoms with Gasteiger partial charge in [0.05, 0.1) is 0 Å². The molecule has 0 amide bonds. The van der Waals surface area contributed by atoms with E-state index in [0.29, 0.717) is 5.92 Å². The molecule has 2 aromatic rings. The molecule has 1 fully saturated rings. The Kier molecular flexibility index (Phi) is 5.77. The van der Waals surface area contributed by atoms with E-state index >= 15 is 0 Å². The number of hydrogen-bond donors (Lipinski definition) is 0. The second kappa shape index (κ2) is 7.10. The molecule has 3 aliphatic rings. The molecule has 3 heteroatoms. The Morgan fingerprint density at radius 2 is 1.35 bits per heavy atom. The first-order chi connectivity index (χ1) is 9.93.